The molecule has 0 aliphatic carbocycles. The molecule has 1 aliphatic heterocycles. The fourth-order valence-corrected chi connectivity index (χ4v) is 2.21. The van der Waals surface area contributed by atoms with E-state index in [9.17, 15) is 9.59 Å². The lowest BCUT2D eigenvalue weighted by Crippen LogP contribution is -2.37. The number of carbonyl (C=O) groups excluding carboxylic acids is 2. The Hall–Kier alpha value is -2.30. The minimum absolute atomic E-state index is 0.139. The molecule has 2 rings (SSSR count). The van der Waals surface area contributed by atoms with Gasteiger partial charge >= 0.3 is 5.97 Å². The highest BCUT2D eigenvalue weighted by Gasteiger charge is 2.35. The van der Waals surface area contributed by atoms with Crippen molar-refractivity contribution in [1.82, 2.24) is 4.90 Å². The summed E-state index contributed by atoms with van der Waals surface area (Å²) in [5.41, 5.74) is 7.31. The highest BCUT2D eigenvalue weighted by atomic mass is 16.5. The van der Waals surface area contributed by atoms with Crippen LogP contribution in [0.25, 0.3) is 0 Å². The molecule has 106 valence electrons. The SMILES string of the molecule is CCOC(=O)C1=C(N)C(C)N(C(=O)c2ccccc2)C1. The molecule has 0 bridgehead atoms. The molecule has 2 N–H and O–H groups in total. The van der Waals surface area contributed by atoms with Crippen LogP contribution in [-0.4, -0.2) is 36.0 Å². The van der Waals surface area contributed by atoms with Crippen LogP contribution in [0.4, 0.5) is 0 Å². The first-order valence-corrected chi connectivity index (χ1v) is 6.58. The molecular weight excluding hydrogens is 256 g/mol. The zero-order chi connectivity index (χ0) is 14.7. The Morgan fingerprint density at radius 2 is 2.00 bits per heavy atom. The van der Waals surface area contributed by atoms with Crippen molar-refractivity contribution >= 4 is 11.9 Å². The van der Waals surface area contributed by atoms with Crippen LogP contribution in [0.2, 0.25) is 0 Å². The number of amides is 1. The van der Waals surface area contributed by atoms with E-state index in [0.29, 0.717) is 16.8 Å². The molecule has 0 radical (unpaired) electrons. The highest BCUT2D eigenvalue weighted by molar-refractivity contribution is 5.98. The van der Waals surface area contributed by atoms with Gasteiger partial charge in [-0.25, -0.2) is 4.79 Å². The third-order valence-electron chi connectivity index (χ3n) is 3.40. The van der Waals surface area contributed by atoms with Crippen LogP contribution in [0.3, 0.4) is 0 Å². The van der Waals surface area contributed by atoms with Crippen LogP contribution in [0.5, 0.6) is 0 Å². The standard InChI is InChI=1S/C15H18N2O3/c1-3-20-15(19)12-9-17(10(2)13(12)16)14(18)11-7-5-4-6-8-11/h4-8,10H,3,9,16H2,1-2H3. The van der Waals surface area contributed by atoms with Gasteiger partial charge in [-0.3, -0.25) is 4.79 Å². The van der Waals surface area contributed by atoms with Gasteiger partial charge in [-0.15, -0.1) is 0 Å². The molecule has 1 heterocycles. The van der Waals surface area contributed by atoms with Gasteiger partial charge in [-0.05, 0) is 26.0 Å². The number of esters is 1. The lowest BCUT2D eigenvalue weighted by molar-refractivity contribution is -0.138. The van der Waals surface area contributed by atoms with Crippen LogP contribution in [0.15, 0.2) is 41.6 Å². The Kier molecular flexibility index (Phi) is 4.08. The zero-order valence-electron chi connectivity index (χ0n) is 11.6. The van der Waals surface area contributed by atoms with Crippen molar-refractivity contribution in [2.75, 3.05) is 13.2 Å². The Morgan fingerprint density at radius 1 is 1.35 bits per heavy atom. The summed E-state index contributed by atoms with van der Waals surface area (Å²) in [6.07, 6.45) is 0. The third-order valence-corrected chi connectivity index (χ3v) is 3.40. The molecule has 1 unspecified atom stereocenters. The number of nitrogens with zero attached hydrogens (tertiary/aromatic N) is 1. The smallest absolute Gasteiger partial charge is 0.337 e. The van der Waals surface area contributed by atoms with E-state index in [1.807, 2.05) is 13.0 Å². The number of hydrogen-bond acceptors (Lipinski definition) is 4. The topological polar surface area (TPSA) is 72.6 Å². The number of rotatable bonds is 3. The fraction of sp³-hybridized carbons (Fsp3) is 0.333. The van der Waals surface area contributed by atoms with Crippen molar-refractivity contribution in [3.63, 3.8) is 0 Å². The largest absolute Gasteiger partial charge is 0.463 e. The first kappa shape index (κ1) is 14.1. The lowest BCUT2D eigenvalue weighted by atomic mass is 10.2. The van der Waals surface area contributed by atoms with Gasteiger partial charge in [0.05, 0.1) is 24.8 Å². The lowest BCUT2D eigenvalue weighted by Gasteiger charge is -2.22. The average molecular weight is 274 g/mol. The molecule has 1 aromatic carbocycles. The maximum Gasteiger partial charge on any atom is 0.337 e. The summed E-state index contributed by atoms with van der Waals surface area (Å²) in [7, 11) is 0. The Morgan fingerprint density at radius 3 is 2.60 bits per heavy atom. The molecule has 0 fully saturated rings. The van der Waals surface area contributed by atoms with Crippen molar-refractivity contribution in [3.8, 4) is 0 Å². The summed E-state index contributed by atoms with van der Waals surface area (Å²) in [5.74, 6) is -0.583. The molecule has 0 spiro atoms. The number of ether oxygens (including phenoxy) is 1. The molecule has 1 amide bonds. The number of benzene rings is 1. The highest BCUT2D eigenvalue weighted by Crippen LogP contribution is 2.23. The van der Waals surface area contributed by atoms with E-state index in [0.717, 1.165) is 0 Å². The molecule has 1 atom stereocenters. The van der Waals surface area contributed by atoms with Gasteiger partial charge in [0, 0.05) is 11.3 Å². The van der Waals surface area contributed by atoms with Crippen molar-refractivity contribution < 1.29 is 14.3 Å². The normalized spacial score (nSPS) is 18.3. The summed E-state index contributed by atoms with van der Waals surface area (Å²) in [5, 5.41) is 0. The van der Waals surface area contributed by atoms with Gasteiger partial charge in [0.1, 0.15) is 0 Å². The van der Waals surface area contributed by atoms with Crippen LogP contribution in [0, 0.1) is 0 Å². The van der Waals surface area contributed by atoms with Gasteiger partial charge in [0.25, 0.3) is 5.91 Å². The molecule has 1 aliphatic rings. The summed E-state index contributed by atoms with van der Waals surface area (Å²) in [6, 6.07) is 8.64. The molecular formula is C15H18N2O3. The molecule has 1 aromatic rings. The van der Waals surface area contributed by atoms with Gasteiger partial charge < -0.3 is 15.4 Å². The number of nitrogens with two attached hydrogens (primary N) is 1. The van der Waals surface area contributed by atoms with E-state index in [1.54, 1.807) is 36.1 Å². The van der Waals surface area contributed by atoms with E-state index >= 15 is 0 Å². The van der Waals surface area contributed by atoms with Crippen molar-refractivity contribution in [2.45, 2.75) is 19.9 Å². The van der Waals surface area contributed by atoms with Gasteiger partial charge in [0.15, 0.2) is 0 Å². The predicted octanol–water partition coefficient (Wildman–Crippen LogP) is 1.31. The Balaban J connectivity index is 2.18. The summed E-state index contributed by atoms with van der Waals surface area (Å²) < 4.78 is 4.96. The zero-order valence-corrected chi connectivity index (χ0v) is 11.6. The van der Waals surface area contributed by atoms with E-state index in [4.69, 9.17) is 10.5 Å². The van der Waals surface area contributed by atoms with Crippen molar-refractivity contribution in [1.29, 1.82) is 0 Å². The van der Waals surface area contributed by atoms with Crippen LogP contribution in [0.1, 0.15) is 24.2 Å². The van der Waals surface area contributed by atoms with Crippen molar-refractivity contribution in [2.24, 2.45) is 5.73 Å². The summed E-state index contributed by atoms with van der Waals surface area (Å²) in [4.78, 5) is 25.8. The maximum atomic E-state index is 12.4. The van der Waals surface area contributed by atoms with E-state index in [2.05, 4.69) is 0 Å². The minimum atomic E-state index is -0.444. The molecule has 0 saturated carbocycles. The van der Waals surface area contributed by atoms with E-state index < -0.39 is 5.97 Å². The van der Waals surface area contributed by atoms with E-state index in [1.165, 1.54) is 0 Å². The minimum Gasteiger partial charge on any atom is -0.463 e. The Bertz CT molecular complexity index is 551. The molecule has 0 aromatic heterocycles. The molecule has 0 saturated heterocycles. The first-order valence-electron chi connectivity index (χ1n) is 6.58. The average Bonchev–Trinajstić information content (AvgIpc) is 2.76. The Labute approximate surface area is 118 Å². The number of hydrogen-bond donors (Lipinski definition) is 1. The second-order valence-electron chi connectivity index (χ2n) is 4.63. The molecule has 5 nitrogen and oxygen atoms in total. The maximum absolute atomic E-state index is 12.4. The summed E-state index contributed by atoms with van der Waals surface area (Å²) >= 11 is 0. The van der Waals surface area contributed by atoms with Crippen LogP contribution in [-0.2, 0) is 9.53 Å². The van der Waals surface area contributed by atoms with E-state index in [-0.39, 0.29) is 25.1 Å². The van der Waals surface area contributed by atoms with Crippen LogP contribution >= 0.6 is 0 Å². The molecule has 5 heteroatoms. The van der Waals surface area contributed by atoms with Gasteiger partial charge in [-0.1, -0.05) is 18.2 Å². The molecule has 20 heavy (non-hydrogen) atoms. The monoisotopic (exact) mass is 274 g/mol. The van der Waals surface area contributed by atoms with Crippen molar-refractivity contribution in [3.05, 3.63) is 47.2 Å². The summed E-state index contributed by atoms with van der Waals surface area (Å²) in [6.45, 7) is 4.03. The first-order chi connectivity index (χ1) is 9.56. The second kappa shape index (κ2) is 5.77. The van der Waals surface area contributed by atoms with Gasteiger partial charge in [0.2, 0.25) is 0 Å². The fourth-order valence-electron chi connectivity index (χ4n) is 2.21. The number of carbonyl (C=O) groups is 2. The van der Waals surface area contributed by atoms with Gasteiger partial charge in [-0.2, -0.15) is 0 Å². The third kappa shape index (κ3) is 2.52. The second-order valence-corrected chi connectivity index (χ2v) is 4.63. The van der Waals surface area contributed by atoms with Crippen LogP contribution < -0.4 is 5.73 Å². The quantitative estimate of drug-likeness (QED) is 0.843. The predicted molar refractivity (Wildman–Crippen MR) is 74.8 cm³/mol.